The van der Waals surface area contributed by atoms with Crippen LogP contribution < -0.4 is 10.6 Å². The quantitative estimate of drug-likeness (QED) is 0.485. The minimum Gasteiger partial charge on any atom is -0.364 e. The van der Waals surface area contributed by atoms with Gasteiger partial charge in [0.15, 0.2) is 11.9 Å². The molecule has 0 bridgehead atoms. The third kappa shape index (κ3) is 6.01. The van der Waals surface area contributed by atoms with Crippen LogP contribution in [-0.2, 0) is 20.9 Å². The lowest BCUT2D eigenvalue weighted by Crippen LogP contribution is -2.28. The maximum Gasteiger partial charge on any atom is 0.414 e. The summed E-state index contributed by atoms with van der Waals surface area (Å²) in [6.07, 6.45) is -6.30. The number of carbonyl (C=O) groups is 2. The van der Waals surface area contributed by atoms with Crippen molar-refractivity contribution in [1.29, 1.82) is 0 Å². The lowest BCUT2D eigenvalue weighted by atomic mass is 10.1. The molecule has 1 aliphatic rings. The largest absolute Gasteiger partial charge is 0.414 e. The molecule has 1 aromatic heterocycles. The first kappa shape index (κ1) is 24.7. The Balaban J connectivity index is 1.65. The highest BCUT2D eigenvalue weighted by Crippen LogP contribution is 2.31. The predicted octanol–water partition coefficient (Wildman–Crippen LogP) is 4.73. The van der Waals surface area contributed by atoms with Gasteiger partial charge in [0.05, 0.1) is 23.9 Å². The molecule has 0 aliphatic carbocycles. The Morgan fingerprint density at radius 3 is 2.66 bits per heavy atom. The Kier molecular flexibility index (Phi) is 7.13. The van der Waals surface area contributed by atoms with E-state index in [1.165, 1.54) is 6.07 Å². The van der Waals surface area contributed by atoms with Crippen LogP contribution in [0.2, 0.25) is 5.02 Å². The Morgan fingerprint density at radius 2 is 2.00 bits per heavy atom. The number of ether oxygens (including phenoxy) is 1. The second-order valence-corrected chi connectivity index (χ2v) is 8.64. The summed E-state index contributed by atoms with van der Waals surface area (Å²) in [5, 5.41) is 10.2. The normalized spacial score (nSPS) is 16.7. The molecule has 1 aliphatic heterocycles. The van der Waals surface area contributed by atoms with Crippen molar-refractivity contribution in [2.45, 2.75) is 32.2 Å². The summed E-state index contributed by atoms with van der Waals surface area (Å²) in [7, 11) is 0. The van der Waals surface area contributed by atoms with E-state index in [0.717, 1.165) is 6.92 Å². The monoisotopic (exact) mass is 506 g/mol. The Labute approximate surface area is 204 Å². The lowest BCUT2D eigenvalue weighted by molar-refractivity contribution is -0.217. The van der Waals surface area contributed by atoms with Gasteiger partial charge in [-0.15, -0.1) is 5.10 Å². The molecule has 184 valence electrons. The number of halogens is 4. The molecule has 2 atom stereocenters. The van der Waals surface area contributed by atoms with E-state index in [1.54, 1.807) is 22.9 Å². The molecule has 0 saturated carbocycles. The molecule has 2 N–H and O–H groups in total. The number of carbonyl (C=O) groups excluding carboxylic acids is 2. The Hall–Kier alpha value is -3.37. The smallest absolute Gasteiger partial charge is 0.364 e. The molecule has 0 unspecified atom stereocenters. The zero-order valence-electron chi connectivity index (χ0n) is 18.6. The number of nitrogens with one attached hydrogen (secondary N) is 2. The van der Waals surface area contributed by atoms with Gasteiger partial charge >= 0.3 is 6.18 Å². The molecule has 2 aromatic carbocycles. The maximum atomic E-state index is 12.8. The average Bonchev–Trinajstić information content (AvgIpc) is 3.43. The van der Waals surface area contributed by atoms with Gasteiger partial charge < -0.3 is 15.4 Å². The molecule has 1 fully saturated rings. The SMILES string of the molecule is C[C@@H](OCc1cc(Cl)cc(-c2cc(NC(=O)[C@H]3CNC(=O)C3)nn2-c2ccccc2)c1)C(F)(F)F. The van der Waals surface area contributed by atoms with Gasteiger partial charge in [0, 0.05) is 29.6 Å². The fraction of sp³-hybridized carbons (Fsp3) is 0.292. The topological polar surface area (TPSA) is 85.2 Å². The van der Waals surface area contributed by atoms with Crippen LogP contribution in [0.5, 0.6) is 0 Å². The highest BCUT2D eigenvalue weighted by molar-refractivity contribution is 6.31. The van der Waals surface area contributed by atoms with Gasteiger partial charge in [0.2, 0.25) is 11.8 Å². The minimum absolute atomic E-state index is 0.103. The number of hydrogen-bond donors (Lipinski definition) is 2. The van der Waals surface area contributed by atoms with Crippen LogP contribution in [0.25, 0.3) is 16.9 Å². The van der Waals surface area contributed by atoms with Gasteiger partial charge in [0.25, 0.3) is 0 Å². The van der Waals surface area contributed by atoms with Crippen molar-refractivity contribution >= 4 is 29.2 Å². The van der Waals surface area contributed by atoms with Crippen molar-refractivity contribution in [3.05, 3.63) is 65.2 Å². The Morgan fingerprint density at radius 1 is 1.26 bits per heavy atom. The van der Waals surface area contributed by atoms with Crippen LogP contribution in [0, 0.1) is 5.92 Å². The van der Waals surface area contributed by atoms with Gasteiger partial charge in [-0.2, -0.15) is 13.2 Å². The van der Waals surface area contributed by atoms with Gasteiger partial charge in [-0.3, -0.25) is 9.59 Å². The van der Waals surface area contributed by atoms with E-state index >= 15 is 0 Å². The van der Waals surface area contributed by atoms with Gasteiger partial charge in [-0.1, -0.05) is 29.8 Å². The minimum atomic E-state index is -4.47. The molecule has 2 amide bonds. The average molecular weight is 507 g/mol. The maximum absolute atomic E-state index is 12.8. The van der Waals surface area contributed by atoms with E-state index in [-0.39, 0.29) is 37.2 Å². The highest BCUT2D eigenvalue weighted by Gasteiger charge is 2.37. The number of anilines is 1. The standard InChI is InChI=1S/C24H22ClF3N4O3/c1-14(24(26,27)28)35-13-15-7-16(9-18(25)8-15)20-11-21(30-23(34)17-10-22(33)29-12-17)31-32(20)19-5-3-2-4-6-19/h2-9,11,14,17H,10,12-13H2,1H3,(H,29,33)(H,30,31,34)/t14-,17-/m1/s1. The number of benzene rings is 2. The number of nitrogens with zero attached hydrogens (tertiary/aromatic N) is 2. The summed E-state index contributed by atoms with van der Waals surface area (Å²) in [5.41, 5.74) is 2.28. The van der Waals surface area contributed by atoms with Crippen molar-refractivity contribution < 1.29 is 27.5 Å². The molecular weight excluding hydrogens is 485 g/mol. The summed E-state index contributed by atoms with van der Waals surface area (Å²) < 4.78 is 45.1. The van der Waals surface area contributed by atoms with Crippen LogP contribution in [0.15, 0.2) is 54.6 Å². The van der Waals surface area contributed by atoms with E-state index in [1.807, 2.05) is 30.3 Å². The molecule has 11 heteroatoms. The molecule has 35 heavy (non-hydrogen) atoms. The number of amides is 2. The van der Waals surface area contributed by atoms with Crippen molar-refractivity contribution in [2.75, 3.05) is 11.9 Å². The van der Waals surface area contributed by atoms with E-state index in [4.69, 9.17) is 16.3 Å². The van der Waals surface area contributed by atoms with Crippen molar-refractivity contribution in [2.24, 2.45) is 5.92 Å². The van der Waals surface area contributed by atoms with E-state index in [9.17, 15) is 22.8 Å². The number of para-hydroxylation sites is 1. The highest BCUT2D eigenvalue weighted by atomic mass is 35.5. The van der Waals surface area contributed by atoms with Crippen LogP contribution in [0.1, 0.15) is 18.9 Å². The van der Waals surface area contributed by atoms with Gasteiger partial charge in [-0.05, 0) is 42.8 Å². The zero-order valence-corrected chi connectivity index (χ0v) is 19.4. The summed E-state index contributed by atoms with van der Waals surface area (Å²) in [6.45, 7) is 0.906. The van der Waals surface area contributed by atoms with Crippen LogP contribution >= 0.6 is 11.6 Å². The summed E-state index contributed by atoms with van der Waals surface area (Å²) in [4.78, 5) is 24.1. The third-order valence-electron chi connectivity index (χ3n) is 5.52. The molecule has 1 saturated heterocycles. The van der Waals surface area contributed by atoms with Gasteiger partial charge in [-0.25, -0.2) is 4.68 Å². The number of rotatable bonds is 7. The van der Waals surface area contributed by atoms with Crippen LogP contribution in [0.4, 0.5) is 19.0 Å². The van der Waals surface area contributed by atoms with Gasteiger partial charge in [0.1, 0.15) is 0 Å². The molecule has 0 spiro atoms. The van der Waals surface area contributed by atoms with Crippen molar-refractivity contribution in [3.8, 4) is 16.9 Å². The molecule has 7 nitrogen and oxygen atoms in total. The Bertz CT molecular complexity index is 1230. The second kappa shape index (κ2) is 10.1. The first-order valence-corrected chi connectivity index (χ1v) is 11.2. The van der Waals surface area contributed by atoms with E-state index in [2.05, 4.69) is 15.7 Å². The first-order valence-electron chi connectivity index (χ1n) is 10.8. The molecule has 3 aromatic rings. The van der Waals surface area contributed by atoms with E-state index in [0.29, 0.717) is 27.5 Å². The number of hydrogen-bond acceptors (Lipinski definition) is 4. The first-order chi connectivity index (χ1) is 16.6. The van der Waals surface area contributed by atoms with Crippen LogP contribution in [0.3, 0.4) is 0 Å². The number of aromatic nitrogens is 2. The zero-order chi connectivity index (χ0) is 25.2. The van der Waals surface area contributed by atoms with Crippen LogP contribution in [-0.4, -0.2) is 40.4 Å². The molecule has 4 rings (SSSR count). The molecule has 2 heterocycles. The van der Waals surface area contributed by atoms with Crippen molar-refractivity contribution in [3.63, 3.8) is 0 Å². The summed E-state index contributed by atoms with van der Waals surface area (Å²) >= 11 is 6.28. The molecule has 0 radical (unpaired) electrons. The number of alkyl halides is 3. The predicted molar refractivity (Wildman–Crippen MR) is 124 cm³/mol. The fourth-order valence-corrected chi connectivity index (χ4v) is 3.89. The van der Waals surface area contributed by atoms with E-state index < -0.39 is 18.2 Å². The lowest BCUT2D eigenvalue weighted by Gasteiger charge is -2.17. The molecular formula is C24H22ClF3N4O3. The summed E-state index contributed by atoms with van der Waals surface area (Å²) in [6, 6.07) is 15.6. The fourth-order valence-electron chi connectivity index (χ4n) is 3.63. The second-order valence-electron chi connectivity index (χ2n) is 8.20. The summed E-state index contributed by atoms with van der Waals surface area (Å²) in [5.74, 6) is -0.766. The third-order valence-corrected chi connectivity index (χ3v) is 5.74. The van der Waals surface area contributed by atoms with Crippen molar-refractivity contribution in [1.82, 2.24) is 15.1 Å².